The van der Waals surface area contributed by atoms with E-state index in [-0.39, 0.29) is 11.9 Å². The molecule has 1 aliphatic rings. The molecule has 3 aromatic heterocycles. The third kappa shape index (κ3) is 2.77. The van der Waals surface area contributed by atoms with E-state index in [4.69, 9.17) is 4.74 Å². The number of amides is 1. The lowest BCUT2D eigenvalue weighted by atomic mass is 10.2. The topological polar surface area (TPSA) is 71.5 Å². The molecular weight excluding hydrogens is 358 g/mol. The molecule has 0 radical (unpaired) electrons. The maximum Gasteiger partial charge on any atom is 0.340 e. The molecule has 0 spiro atoms. The first-order valence-corrected chi connectivity index (χ1v) is 9.51. The second-order valence-corrected chi connectivity index (χ2v) is 7.41. The van der Waals surface area contributed by atoms with Crippen molar-refractivity contribution in [2.24, 2.45) is 0 Å². The van der Waals surface area contributed by atoms with Crippen molar-refractivity contribution in [3.05, 3.63) is 40.7 Å². The molecule has 1 N–H and O–H groups in total. The van der Waals surface area contributed by atoms with Crippen molar-refractivity contribution in [1.29, 1.82) is 0 Å². The van der Waals surface area contributed by atoms with Crippen molar-refractivity contribution in [3.8, 4) is 0 Å². The number of hydrogen-bond donors (Lipinski definition) is 1. The van der Waals surface area contributed by atoms with Gasteiger partial charge in [0.25, 0.3) is 0 Å². The molecule has 0 bridgehead atoms. The van der Waals surface area contributed by atoms with Crippen LogP contribution in [-0.4, -0.2) is 36.6 Å². The van der Waals surface area contributed by atoms with Crippen LogP contribution >= 0.6 is 22.7 Å². The summed E-state index contributed by atoms with van der Waals surface area (Å²) in [5.41, 5.74) is 2.27. The molecule has 1 amide bonds. The second-order valence-electron chi connectivity index (χ2n) is 5.60. The number of aromatic nitrogens is 1. The number of anilines is 2. The summed E-state index contributed by atoms with van der Waals surface area (Å²) < 4.78 is 5.84. The summed E-state index contributed by atoms with van der Waals surface area (Å²) in [5, 5.41) is 7.78. The van der Waals surface area contributed by atoms with Gasteiger partial charge in [0, 0.05) is 12.7 Å². The minimum atomic E-state index is -0.421. The van der Waals surface area contributed by atoms with E-state index < -0.39 is 5.97 Å². The molecule has 1 unspecified atom stereocenters. The van der Waals surface area contributed by atoms with Crippen molar-refractivity contribution in [3.63, 3.8) is 0 Å². The highest BCUT2D eigenvalue weighted by Crippen LogP contribution is 2.34. The van der Waals surface area contributed by atoms with Crippen LogP contribution in [0.2, 0.25) is 0 Å². The van der Waals surface area contributed by atoms with E-state index in [1.165, 1.54) is 18.4 Å². The standard InChI is InChI=1S/C17H15N3O3S2/c1-23-17(22)10-4-8-25-16(10)20-7-3-13(15(20)21)19-12-2-6-18-11-5-9-24-14(11)12/h2,4-6,8-9,13H,3,7H2,1H3,(H,18,19). The van der Waals surface area contributed by atoms with E-state index in [1.807, 2.05) is 17.5 Å². The van der Waals surface area contributed by atoms with Gasteiger partial charge in [-0.25, -0.2) is 4.79 Å². The normalized spacial score (nSPS) is 17.2. The third-order valence-corrected chi connectivity index (χ3v) is 6.05. The fourth-order valence-electron chi connectivity index (χ4n) is 2.97. The number of carbonyl (C=O) groups excluding carboxylic acids is 2. The van der Waals surface area contributed by atoms with Gasteiger partial charge in [-0.3, -0.25) is 9.78 Å². The summed E-state index contributed by atoms with van der Waals surface area (Å²) in [6.45, 7) is 0.569. The zero-order valence-electron chi connectivity index (χ0n) is 13.4. The number of pyridine rings is 1. The number of thiophene rings is 2. The first kappa shape index (κ1) is 16.0. The van der Waals surface area contributed by atoms with Crippen LogP contribution in [0.15, 0.2) is 35.2 Å². The summed E-state index contributed by atoms with van der Waals surface area (Å²) in [5.74, 6) is -0.455. The molecule has 1 atom stereocenters. The maximum atomic E-state index is 12.9. The smallest absolute Gasteiger partial charge is 0.340 e. The molecule has 4 heterocycles. The maximum absolute atomic E-state index is 12.9. The van der Waals surface area contributed by atoms with Crippen LogP contribution < -0.4 is 10.2 Å². The molecule has 128 valence electrons. The van der Waals surface area contributed by atoms with E-state index in [0.717, 1.165) is 15.9 Å². The zero-order valence-corrected chi connectivity index (χ0v) is 15.0. The zero-order chi connectivity index (χ0) is 17.4. The Bertz CT molecular complexity index is 949. The molecule has 3 aromatic rings. The molecular formula is C17H15N3O3S2. The van der Waals surface area contributed by atoms with Gasteiger partial charge in [0.15, 0.2) is 0 Å². The fourth-order valence-corrected chi connectivity index (χ4v) is 4.71. The summed E-state index contributed by atoms with van der Waals surface area (Å²) in [7, 11) is 1.34. The Hall–Kier alpha value is -2.45. The van der Waals surface area contributed by atoms with E-state index in [2.05, 4.69) is 10.3 Å². The number of fused-ring (bicyclic) bond motifs is 1. The highest BCUT2D eigenvalue weighted by Gasteiger charge is 2.35. The molecule has 0 aliphatic carbocycles. The summed E-state index contributed by atoms with van der Waals surface area (Å²) in [4.78, 5) is 30.7. The van der Waals surface area contributed by atoms with Gasteiger partial charge < -0.3 is 15.0 Å². The average Bonchev–Trinajstić information content (AvgIpc) is 3.35. The number of hydrogen-bond acceptors (Lipinski definition) is 7. The van der Waals surface area contributed by atoms with Crippen LogP contribution in [0.4, 0.5) is 10.7 Å². The molecule has 1 saturated heterocycles. The Morgan fingerprint density at radius 3 is 3.00 bits per heavy atom. The van der Waals surface area contributed by atoms with Crippen molar-refractivity contribution >= 4 is 55.5 Å². The first-order chi connectivity index (χ1) is 12.2. The molecule has 1 aliphatic heterocycles. The number of nitrogens with one attached hydrogen (secondary N) is 1. The number of esters is 1. The molecule has 25 heavy (non-hydrogen) atoms. The summed E-state index contributed by atoms with van der Waals surface area (Å²) >= 11 is 2.97. The number of carbonyl (C=O) groups is 2. The lowest BCUT2D eigenvalue weighted by Gasteiger charge is -2.17. The average molecular weight is 373 g/mol. The minimum Gasteiger partial charge on any atom is -0.465 e. The summed E-state index contributed by atoms with van der Waals surface area (Å²) in [6, 6.07) is 5.22. The van der Waals surface area contributed by atoms with Gasteiger partial charge in [0.1, 0.15) is 11.0 Å². The van der Waals surface area contributed by atoms with Crippen LogP contribution in [0.1, 0.15) is 16.8 Å². The molecule has 0 aromatic carbocycles. The first-order valence-electron chi connectivity index (χ1n) is 7.75. The molecule has 4 rings (SSSR count). The van der Waals surface area contributed by atoms with Gasteiger partial charge in [-0.1, -0.05) is 0 Å². The van der Waals surface area contributed by atoms with E-state index in [0.29, 0.717) is 23.5 Å². The van der Waals surface area contributed by atoms with Crippen molar-refractivity contribution in [2.75, 3.05) is 23.9 Å². The second kappa shape index (κ2) is 6.45. The van der Waals surface area contributed by atoms with Crippen LogP contribution in [0.3, 0.4) is 0 Å². The van der Waals surface area contributed by atoms with Gasteiger partial charge in [0.2, 0.25) is 5.91 Å². The van der Waals surface area contributed by atoms with Gasteiger partial charge in [0.05, 0.1) is 28.6 Å². The molecule has 1 fully saturated rings. The quantitative estimate of drug-likeness (QED) is 0.710. The Kier molecular flexibility index (Phi) is 4.14. The third-order valence-electron chi connectivity index (χ3n) is 4.17. The predicted molar refractivity (Wildman–Crippen MR) is 99.7 cm³/mol. The van der Waals surface area contributed by atoms with Crippen molar-refractivity contribution in [2.45, 2.75) is 12.5 Å². The monoisotopic (exact) mass is 373 g/mol. The van der Waals surface area contributed by atoms with Gasteiger partial charge in [-0.15, -0.1) is 22.7 Å². The number of ether oxygens (including phenoxy) is 1. The van der Waals surface area contributed by atoms with Crippen molar-refractivity contribution in [1.82, 2.24) is 4.98 Å². The van der Waals surface area contributed by atoms with Crippen molar-refractivity contribution < 1.29 is 14.3 Å². The van der Waals surface area contributed by atoms with E-state index in [1.54, 1.807) is 33.9 Å². The van der Waals surface area contributed by atoms with Crippen LogP contribution in [0, 0.1) is 0 Å². The fraction of sp³-hybridized carbons (Fsp3) is 0.235. The highest BCUT2D eigenvalue weighted by atomic mass is 32.1. The van der Waals surface area contributed by atoms with Crippen LogP contribution in [0.5, 0.6) is 0 Å². The van der Waals surface area contributed by atoms with Crippen LogP contribution in [0.25, 0.3) is 10.2 Å². The number of methoxy groups -OCH3 is 1. The molecule has 0 saturated carbocycles. The summed E-state index contributed by atoms with van der Waals surface area (Å²) in [6.07, 6.45) is 2.41. The van der Waals surface area contributed by atoms with E-state index >= 15 is 0 Å². The molecule has 8 heteroatoms. The number of nitrogens with zero attached hydrogens (tertiary/aromatic N) is 2. The minimum absolute atomic E-state index is 0.0332. The molecule has 6 nitrogen and oxygen atoms in total. The lowest BCUT2D eigenvalue weighted by molar-refractivity contribution is -0.117. The Labute approximate surface area is 152 Å². The van der Waals surface area contributed by atoms with Gasteiger partial charge in [-0.05, 0) is 35.4 Å². The predicted octanol–water partition coefficient (Wildman–Crippen LogP) is 3.36. The van der Waals surface area contributed by atoms with E-state index in [9.17, 15) is 9.59 Å². The van der Waals surface area contributed by atoms with Gasteiger partial charge in [-0.2, -0.15) is 0 Å². The largest absolute Gasteiger partial charge is 0.465 e. The number of rotatable bonds is 4. The van der Waals surface area contributed by atoms with Crippen LogP contribution in [-0.2, 0) is 9.53 Å². The van der Waals surface area contributed by atoms with Gasteiger partial charge >= 0.3 is 5.97 Å². The Morgan fingerprint density at radius 2 is 2.16 bits per heavy atom. The highest BCUT2D eigenvalue weighted by molar-refractivity contribution is 7.17. The SMILES string of the molecule is COC(=O)c1ccsc1N1CCC(Nc2ccnc3ccsc23)C1=O. The Balaban J connectivity index is 1.57. The lowest BCUT2D eigenvalue weighted by Crippen LogP contribution is -2.33. The Morgan fingerprint density at radius 1 is 1.32 bits per heavy atom.